The summed E-state index contributed by atoms with van der Waals surface area (Å²) in [4.78, 5) is 29.9. The van der Waals surface area contributed by atoms with Crippen molar-refractivity contribution in [1.82, 2.24) is 15.1 Å². The van der Waals surface area contributed by atoms with Gasteiger partial charge in [-0.15, -0.1) is 0 Å². The van der Waals surface area contributed by atoms with Gasteiger partial charge in [-0.3, -0.25) is 4.79 Å². The van der Waals surface area contributed by atoms with Gasteiger partial charge in [-0.05, 0) is 48.6 Å². The summed E-state index contributed by atoms with van der Waals surface area (Å²) in [5.74, 6) is 0.244. The van der Waals surface area contributed by atoms with E-state index < -0.39 is 0 Å². The molecule has 1 N–H and O–H groups in total. The summed E-state index contributed by atoms with van der Waals surface area (Å²) in [5.41, 5.74) is 5.62. The molecule has 1 unspecified atom stereocenters. The van der Waals surface area contributed by atoms with E-state index >= 15 is 0 Å². The van der Waals surface area contributed by atoms with Crippen LogP contribution in [0.25, 0.3) is 0 Å². The Morgan fingerprint density at radius 3 is 2.24 bits per heavy atom. The lowest BCUT2D eigenvalue weighted by Crippen LogP contribution is -2.51. The minimum Gasteiger partial charge on any atom is -0.338 e. The number of carbonyl (C=O) groups is 2. The molecule has 3 aromatic rings. The third-order valence-corrected chi connectivity index (χ3v) is 7.09. The third kappa shape index (κ3) is 4.69. The van der Waals surface area contributed by atoms with Crippen molar-refractivity contribution in [3.8, 4) is 0 Å². The van der Waals surface area contributed by atoms with Gasteiger partial charge in [0.2, 0.25) is 0 Å². The zero-order valence-electron chi connectivity index (χ0n) is 19.6. The van der Waals surface area contributed by atoms with Gasteiger partial charge in [0.15, 0.2) is 0 Å². The monoisotopic (exact) mass is 453 g/mol. The number of benzene rings is 3. The van der Waals surface area contributed by atoms with E-state index in [0.717, 1.165) is 24.0 Å². The molecule has 1 fully saturated rings. The topological polar surface area (TPSA) is 52.7 Å². The van der Waals surface area contributed by atoms with Crippen LogP contribution in [0.1, 0.15) is 51.4 Å². The molecule has 0 radical (unpaired) electrons. The van der Waals surface area contributed by atoms with E-state index in [9.17, 15) is 9.59 Å². The molecule has 1 saturated heterocycles. The lowest BCUT2D eigenvalue weighted by molar-refractivity contribution is 0.0706. The molecule has 2 aliphatic heterocycles. The summed E-state index contributed by atoms with van der Waals surface area (Å²) < 4.78 is 0. The summed E-state index contributed by atoms with van der Waals surface area (Å²) in [6.07, 6.45) is 1.55. The fourth-order valence-electron chi connectivity index (χ4n) is 5.10. The van der Waals surface area contributed by atoms with Crippen LogP contribution in [-0.2, 0) is 6.54 Å². The highest BCUT2D eigenvalue weighted by Gasteiger charge is 2.31. The van der Waals surface area contributed by atoms with Gasteiger partial charge in [0.25, 0.3) is 5.91 Å². The van der Waals surface area contributed by atoms with Crippen LogP contribution < -0.4 is 5.32 Å². The number of nitrogens with zero attached hydrogens (tertiary/aromatic N) is 2. The van der Waals surface area contributed by atoms with Crippen molar-refractivity contribution in [2.75, 3.05) is 19.6 Å². The molecule has 0 aliphatic carbocycles. The van der Waals surface area contributed by atoms with Gasteiger partial charge in [0.05, 0.1) is 0 Å². The Balaban J connectivity index is 1.21. The summed E-state index contributed by atoms with van der Waals surface area (Å²) in [5, 5.41) is 3.25. The number of urea groups is 1. The minimum atomic E-state index is -0.0151. The first kappa shape index (κ1) is 22.2. The maximum Gasteiger partial charge on any atom is 0.317 e. The van der Waals surface area contributed by atoms with Crippen LogP contribution in [0.4, 0.5) is 4.79 Å². The number of hydrogen-bond acceptors (Lipinski definition) is 2. The summed E-state index contributed by atoms with van der Waals surface area (Å²) >= 11 is 0. The maximum atomic E-state index is 13.3. The Bertz CT molecular complexity index is 1150. The van der Waals surface area contributed by atoms with Crippen LogP contribution in [0.2, 0.25) is 0 Å². The van der Waals surface area contributed by atoms with E-state index in [1.165, 1.54) is 16.7 Å². The van der Waals surface area contributed by atoms with Crippen molar-refractivity contribution in [2.45, 2.75) is 38.3 Å². The SMILES string of the molecule is Cc1ccc(C(=O)N2CCC(NC(=O)N3Cc4ccccc4C(c4ccccc4)C3)CC2)cc1. The number of nitrogens with one attached hydrogen (secondary N) is 1. The zero-order valence-corrected chi connectivity index (χ0v) is 19.6. The molecule has 0 spiro atoms. The third-order valence-electron chi connectivity index (χ3n) is 7.09. The average Bonchev–Trinajstić information content (AvgIpc) is 2.89. The van der Waals surface area contributed by atoms with E-state index in [1.54, 1.807) is 0 Å². The normalized spacial score (nSPS) is 18.3. The Morgan fingerprint density at radius 1 is 0.824 bits per heavy atom. The first-order chi connectivity index (χ1) is 16.6. The second-order valence-electron chi connectivity index (χ2n) is 9.42. The lowest BCUT2D eigenvalue weighted by atomic mass is 9.85. The molecule has 2 aliphatic rings. The van der Waals surface area contributed by atoms with Crippen LogP contribution in [0.3, 0.4) is 0 Å². The predicted molar refractivity (Wildman–Crippen MR) is 134 cm³/mol. The molecule has 5 nitrogen and oxygen atoms in total. The van der Waals surface area contributed by atoms with Crippen molar-refractivity contribution < 1.29 is 9.59 Å². The largest absolute Gasteiger partial charge is 0.338 e. The van der Waals surface area contributed by atoms with E-state index in [0.29, 0.717) is 26.2 Å². The molecular weight excluding hydrogens is 422 g/mol. The number of amides is 3. The van der Waals surface area contributed by atoms with E-state index in [4.69, 9.17) is 0 Å². The molecular formula is C29H31N3O2. The van der Waals surface area contributed by atoms with Gasteiger partial charge < -0.3 is 15.1 Å². The van der Waals surface area contributed by atoms with E-state index in [1.807, 2.05) is 53.1 Å². The van der Waals surface area contributed by atoms with Gasteiger partial charge in [0, 0.05) is 43.7 Å². The van der Waals surface area contributed by atoms with Crippen LogP contribution in [0.5, 0.6) is 0 Å². The first-order valence-corrected chi connectivity index (χ1v) is 12.1. The number of piperidine rings is 1. The second kappa shape index (κ2) is 9.72. The number of likely N-dealkylation sites (tertiary alicyclic amines) is 1. The Morgan fingerprint density at radius 2 is 1.50 bits per heavy atom. The summed E-state index contributed by atoms with van der Waals surface area (Å²) in [6, 6.07) is 26.7. The van der Waals surface area contributed by atoms with Gasteiger partial charge in [-0.2, -0.15) is 0 Å². The molecule has 0 saturated carbocycles. The Kier molecular flexibility index (Phi) is 6.35. The molecule has 1 atom stereocenters. The fourth-order valence-corrected chi connectivity index (χ4v) is 5.10. The molecule has 2 heterocycles. The number of fused-ring (bicyclic) bond motifs is 1. The molecule has 3 amide bonds. The summed E-state index contributed by atoms with van der Waals surface area (Å²) in [6.45, 7) is 4.62. The van der Waals surface area contributed by atoms with E-state index in [-0.39, 0.29) is 23.9 Å². The van der Waals surface area contributed by atoms with Crippen molar-refractivity contribution in [3.05, 3.63) is 107 Å². The van der Waals surface area contributed by atoms with Gasteiger partial charge in [-0.1, -0.05) is 72.3 Å². The van der Waals surface area contributed by atoms with Crippen LogP contribution >= 0.6 is 0 Å². The van der Waals surface area contributed by atoms with Crippen LogP contribution in [0.15, 0.2) is 78.9 Å². The van der Waals surface area contributed by atoms with E-state index in [2.05, 4.69) is 47.8 Å². The maximum absolute atomic E-state index is 13.3. The number of carbonyl (C=O) groups excluding carboxylic acids is 2. The highest BCUT2D eigenvalue weighted by Crippen LogP contribution is 2.33. The molecule has 5 rings (SSSR count). The first-order valence-electron chi connectivity index (χ1n) is 12.1. The second-order valence-corrected chi connectivity index (χ2v) is 9.42. The molecule has 174 valence electrons. The zero-order chi connectivity index (χ0) is 23.5. The highest BCUT2D eigenvalue weighted by atomic mass is 16.2. The van der Waals surface area contributed by atoms with Gasteiger partial charge in [0.1, 0.15) is 0 Å². The van der Waals surface area contributed by atoms with Crippen molar-refractivity contribution in [3.63, 3.8) is 0 Å². The number of hydrogen-bond donors (Lipinski definition) is 1. The van der Waals surface area contributed by atoms with Crippen molar-refractivity contribution >= 4 is 11.9 Å². The quantitative estimate of drug-likeness (QED) is 0.610. The molecule has 34 heavy (non-hydrogen) atoms. The molecule has 5 heteroatoms. The Labute approximate surface area is 201 Å². The molecule has 3 aromatic carbocycles. The Hall–Kier alpha value is -3.60. The van der Waals surface area contributed by atoms with Crippen molar-refractivity contribution in [2.24, 2.45) is 0 Å². The number of aryl methyl sites for hydroxylation is 1. The standard InChI is InChI=1S/C29H31N3O2/c1-21-11-13-23(14-12-21)28(33)31-17-15-25(16-18-31)30-29(34)32-19-24-9-5-6-10-26(24)27(20-32)22-7-3-2-4-8-22/h2-14,25,27H,15-20H2,1H3,(H,30,34). The fraction of sp³-hybridized carbons (Fsp3) is 0.310. The van der Waals surface area contributed by atoms with Crippen LogP contribution in [-0.4, -0.2) is 47.4 Å². The van der Waals surface area contributed by atoms with Gasteiger partial charge >= 0.3 is 6.03 Å². The highest BCUT2D eigenvalue weighted by molar-refractivity contribution is 5.94. The number of rotatable bonds is 3. The smallest absolute Gasteiger partial charge is 0.317 e. The van der Waals surface area contributed by atoms with Crippen molar-refractivity contribution in [1.29, 1.82) is 0 Å². The molecule has 0 aromatic heterocycles. The van der Waals surface area contributed by atoms with Crippen LogP contribution in [0, 0.1) is 6.92 Å². The van der Waals surface area contributed by atoms with Gasteiger partial charge in [-0.25, -0.2) is 4.79 Å². The minimum absolute atomic E-state index is 0.0151. The summed E-state index contributed by atoms with van der Waals surface area (Å²) in [7, 11) is 0. The lowest BCUT2D eigenvalue weighted by Gasteiger charge is -2.37. The predicted octanol–water partition coefficient (Wildman–Crippen LogP) is 4.96. The molecule has 0 bridgehead atoms. The average molecular weight is 454 g/mol.